The van der Waals surface area contributed by atoms with E-state index in [1.165, 1.54) is 6.07 Å². The van der Waals surface area contributed by atoms with E-state index < -0.39 is 11.6 Å². The molecule has 1 saturated heterocycles. The molecule has 2 atom stereocenters. The average molecular weight is 282 g/mol. The van der Waals surface area contributed by atoms with Gasteiger partial charge in [-0.15, -0.1) is 0 Å². The van der Waals surface area contributed by atoms with Crippen LogP contribution in [0.1, 0.15) is 38.7 Å². The second kappa shape index (κ2) is 7.14. The molecule has 4 heteroatoms. The highest BCUT2D eigenvalue weighted by atomic mass is 19.1. The molecule has 2 unspecified atom stereocenters. The van der Waals surface area contributed by atoms with Crippen LogP contribution in [0.4, 0.5) is 8.78 Å². The van der Waals surface area contributed by atoms with E-state index >= 15 is 0 Å². The molecule has 20 heavy (non-hydrogen) atoms. The van der Waals surface area contributed by atoms with Crippen molar-refractivity contribution in [2.24, 2.45) is 0 Å². The van der Waals surface area contributed by atoms with E-state index in [1.807, 2.05) is 0 Å². The normalized spacial score (nSPS) is 24.0. The maximum atomic E-state index is 13.8. The molecule has 1 heterocycles. The van der Waals surface area contributed by atoms with Gasteiger partial charge in [0.1, 0.15) is 11.6 Å². The summed E-state index contributed by atoms with van der Waals surface area (Å²) in [5.41, 5.74) is 0.587. The Labute approximate surface area is 120 Å². The Bertz CT molecular complexity index is 436. The standard InChI is InChI=1S/C16H24F2N2/c1-3-5-15-9-19-14(4-2)11-20(15)10-12-6-7-13(17)8-16(12)18/h6-8,14-15,19H,3-5,9-11H2,1-2H3. The Morgan fingerprint density at radius 2 is 2.10 bits per heavy atom. The van der Waals surface area contributed by atoms with Gasteiger partial charge in [0.15, 0.2) is 0 Å². The molecule has 1 aliphatic heterocycles. The Hall–Kier alpha value is -1.00. The van der Waals surface area contributed by atoms with Crippen LogP contribution in [-0.2, 0) is 6.54 Å². The topological polar surface area (TPSA) is 15.3 Å². The lowest BCUT2D eigenvalue weighted by molar-refractivity contribution is 0.112. The van der Waals surface area contributed by atoms with Crippen LogP contribution in [0.5, 0.6) is 0 Å². The lowest BCUT2D eigenvalue weighted by Crippen LogP contribution is -2.55. The van der Waals surface area contributed by atoms with Crippen LogP contribution in [0.25, 0.3) is 0 Å². The van der Waals surface area contributed by atoms with E-state index in [-0.39, 0.29) is 0 Å². The van der Waals surface area contributed by atoms with Gasteiger partial charge in [-0.1, -0.05) is 26.3 Å². The quantitative estimate of drug-likeness (QED) is 0.891. The fourth-order valence-corrected chi connectivity index (χ4v) is 2.88. The monoisotopic (exact) mass is 282 g/mol. The summed E-state index contributed by atoms with van der Waals surface area (Å²) >= 11 is 0. The van der Waals surface area contributed by atoms with Gasteiger partial charge in [0.05, 0.1) is 0 Å². The number of hydrogen-bond acceptors (Lipinski definition) is 2. The molecular formula is C16H24F2N2. The van der Waals surface area contributed by atoms with Crippen molar-refractivity contribution in [1.82, 2.24) is 10.2 Å². The van der Waals surface area contributed by atoms with Gasteiger partial charge < -0.3 is 5.32 Å². The predicted molar refractivity (Wildman–Crippen MR) is 77.5 cm³/mol. The van der Waals surface area contributed by atoms with Crippen LogP contribution in [-0.4, -0.2) is 30.1 Å². The molecule has 1 aliphatic rings. The zero-order chi connectivity index (χ0) is 14.5. The minimum atomic E-state index is -0.511. The van der Waals surface area contributed by atoms with Crippen molar-refractivity contribution in [2.75, 3.05) is 13.1 Å². The highest BCUT2D eigenvalue weighted by Crippen LogP contribution is 2.19. The van der Waals surface area contributed by atoms with Crippen LogP contribution < -0.4 is 5.32 Å². The molecule has 2 nitrogen and oxygen atoms in total. The Kier molecular flexibility index (Phi) is 5.49. The first kappa shape index (κ1) is 15.4. The summed E-state index contributed by atoms with van der Waals surface area (Å²) in [4.78, 5) is 2.34. The second-order valence-corrected chi connectivity index (χ2v) is 5.62. The van der Waals surface area contributed by atoms with Gasteiger partial charge in [0.25, 0.3) is 0 Å². The molecule has 0 radical (unpaired) electrons. The molecular weight excluding hydrogens is 258 g/mol. The molecule has 0 bridgehead atoms. The first-order valence-corrected chi connectivity index (χ1v) is 7.55. The van der Waals surface area contributed by atoms with Crippen LogP contribution in [0, 0.1) is 11.6 Å². The van der Waals surface area contributed by atoms with E-state index in [1.54, 1.807) is 6.07 Å². The Morgan fingerprint density at radius 1 is 1.30 bits per heavy atom. The number of rotatable bonds is 5. The second-order valence-electron chi connectivity index (χ2n) is 5.62. The van der Waals surface area contributed by atoms with Crippen molar-refractivity contribution in [1.29, 1.82) is 0 Å². The van der Waals surface area contributed by atoms with Crippen LogP contribution >= 0.6 is 0 Å². The van der Waals surface area contributed by atoms with Gasteiger partial charge in [0.2, 0.25) is 0 Å². The largest absolute Gasteiger partial charge is 0.311 e. The van der Waals surface area contributed by atoms with Crippen molar-refractivity contribution in [3.05, 3.63) is 35.4 Å². The maximum absolute atomic E-state index is 13.8. The van der Waals surface area contributed by atoms with E-state index in [0.29, 0.717) is 24.2 Å². The Morgan fingerprint density at radius 3 is 2.75 bits per heavy atom. The van der Waals surface area contributed by atoms with Crippen LogP contribution in [0.15, 0.2) is 18.2 Å². The third kappa shape index (κ3) is 3.76. The Balaban J connectivity index is 2.09. The molecule has 0 amide bonds. The highest BCUT2D eigenvalue weighted by Gasteiger charge is 2.26. The molecule has 0 spiro atoms. The summed E-state index contributed by atoms with van der Waals surface area (Å²) in [5, 5.41) is 3.55. The van der Waals surface area contributed by atoms with Crippen LogP contribution in [0.3, 0.4) is 0 Å². The van der Waals surface area contributed by atoms with Crippen molar-refractivity contribution in [3.63, 3.8) is 0 Å². The molecule has 0 aliphatic carbocycles. The average Bonchev–Trinajstić information content (AvgIpc) is 2.44. The van der Waals surface area contributed by atoms with Gasteiger partial charge >= 0.3 is 0 Å². The number of halogens is 2. The van der Waals surface area contributed by atoms with E-state index in [4.69, 9.17) is 0 Å². The van der Waals surface area contributed by atoms with Crippen molar-refractivity contribution >= 4 is 0 Å². The lowest BCUT2D eigenvalue weighted by atomic mass is 10.0. The molecule has 112 valence electrons. The highest BCUT2D eigenvalue weighted by molar-refractivity contribution is 5.18. The molecule has 0 aromatic heterocycles. The summed E-state index contributed by atoms with van der Waals surface area (Å²) in [6, 6.07) is 4.78. The number of hydrogen-bond donors (Lipinski definition) is 1. The third-order valence-corrected chi connectivity index (χ3v) is 4.12. The number of piperazine rings is 1. The number of nitrogens with zero attached hydrogens (tertiary/aromatic N) is 1. The first-order chi connectivity index (χ1) is 9.63. The molecule has 1 aromatic carbocycles. The third-order valence-electron chi connectivity index (χ3n) is 4.12. The fourth-order valence-electron chi connectivity index (χ4n) is 2.88. The molecule has 1 N–H and O–H groups in total. The minimum Gasteiger partial charge on any atom is -0.311 e. The van der Waals surface area contributed by atoms with Crippen molar-refractivity contribution in [3.8, 4) is 0 Å². The summed E-state index contributed by atoms with van der Waals surface area (Å²) in [5.74, 6) is -0.949. The van der Waals surface area contributed by atoms with Crippen molar-refractivity contribution in [2.45, 2.75) is 51.7 Å². The minimum absolute atomic E-state index is 0.437. The summed E-state index contributed by atoms with van der Waals surface area (Å²) in [7, 11) is 0. The summed E-state index contributed by atoms with van der Waals surface area (Å²) in [6.45, 7) is 6.78. The maximum Gasteiger partial charge on any atom is 0.130 e. The molecule has 0 saturated carbocycles. The zero-order valence-electron chi connectivity index (χ0n) is 12.3. The number of nitrogens with one attached hydrogen (secondary N) is 1. The SMILES string of the molecule is CCCC1CNC(CC)CN1Cc1ccc(F)cc1F. The van der Waals surface area contributed by atoms with Gasteiger partial charge in [-0.3, -0.25) is 4.90 Å². The number of benzene rings is 1. The first-order valence-electron chi connectivity index (χ1n) is 7.55. The smallest absolute Gasteiger partial charge is 0.130 e. The molecule has 1 fully saturated rings. The molecule has 2 rings (SSSR count). The van der Waals surface area contributed by atoms with E-state index in [2.05, 4.69) is 24.1 Å². The summed E-state index contributed by atoms with van der Waals surface area (Å²) in [6.07, 6.45) is 3.29. The predicted octanol–water partition coefficient (Wildman–Crippen LogP) is 3.32. The lowest BCUT2D eigenvalue weighted by Gasteiger charge is -2.40. The molecule has 1 aromatic rings. The fraction of sp³-hybridized carbons (Fsp3) is 0.625. The van der Waals surface area contributed by atoms with Crippen molar-refractivity contribution < 1.29 is 8.78 Å². The van der Waals surface area contributed by atoms with E-state index in [9.17, 15) is 8.78 Å². The van der Waals surface area contributed by atoms with Gasteiger partial charge in [-0.05, 0) is 18.9 Å². The van der Waals surface area contributed by atoms with Crippen LogP contribution in [0.2, 0.25) is 0 Å². The van der Waals surface area contributed by atoms with E-state index in [0.717, 1.165) is 38.4 Å². The van der Waals surface area contributed by atoms with Gasteiger partial charge in [0, 0.05) is 43.3 Å². The zero-order valence-corrected chi connectivity index (χ0v) is 12.3. The van der Waals surface area contributed by atoms with Gasteiger partial charge in [-0.2, -0.15) is 0 Å². The van der Waals surface area contributed by atoms with Gasteiger partial charge in [-0.25, -0.2) is 8.78 Å². The summed E-state index contributed by atoms with van der Waals surface area (Å²) < 4.78 is 26.8.